The van der Waals surface area contributed by atoms with Gasteiger partial charge < -0.3 is 15.2 Å². The van der Waals surface area contributed by atoms with Gasteiger partial charge in [-0.05, 0) is 54.8 Å². The van der Waals surface area contributed by atoms with Crippen LogP contribution in [0.4, 0.5) is 0 Å². The number of ether oxygens (including phenoxy) is 1. The van der Waals surface area contributed by atoms with Crippen molar-refractivity contribution in [1.82, 2.24) is 10.2 Å². The molecule has 0 aliphatic carbocycles. The number of methoxy groups -OCH3 is 1. The molecule has 2 N–H and O–H groups in total. The number of hydrogen-bond acceptors (Lipinski definition) is 6. The molecule has 3 rings (SSSR count). The molecule has 2 amide bonds. The largest absolute Gasteiger partial charge is 0.508 e. The van der Waals surface area contributed by atoms with Gasteiger partial charge in [0.2, 0.25) is 5.91 Å². The molecule has 0 radical (unpaired) electrons. The van der Waals surface area contributed by atoms with E-state index in [1.165, 1.54) is 16.7 Å². The Bertz CT molecular complexity index is 989. The second-order valence-electron chi connectivity index (χ2n) is 6.71. The van der Waals surface area contributed by atoms with Crippen LogP contribution in [-0.4, -0.2) is 45.8 Å². The number of nitrogens with zero attached hydrogens (tertiary/aromatic N) is 1. The summed E-state index contributed by atoms with van der Waals surface area (Å²) in [6, 6.07) is 13.5. The Kier molecular flexibility index (Phi) is 7.12. The molecule has 1 fully saturated rings. The molecule has 0 aromatic heterocycles. The first kappa shape index (κ1) is 21.9. The van der Waals surface area contributed by atoms with Gasteiger partial charge in [0.25, 0.3) is 5.91 Å². The monoisotopic (exact) mass is 442 g/mol. The summed E-state index contributed by atoms with van der Waals surface area (Å²) in [5.41, 5.74) is 1.81. The average Bonchev–Trinajstić information content (AvgIpc) is 3.01. The van der Waals surface area contributed by atoms with E-state index in [1.54, 1.807) is 44.4 Å². The molecule has 30 heavy (non-hydrogen) atoms. The second-order valence-corrected chi connectivity index (χ2v) is 8.39. The fourth-order valence-electron chi connectivity index (χ4n) is 2.95. The van der Waals surface area contributed by atoms with Crippen LogP contribution in [0.5, 0.6) is 11.5 Å². The average molecular weight is 443 g/mol. The Balaban J connectivity index is 1.62. The lowest BCUT2D eigenvalue weighted by Gasteiger charge is -2.22. The number of amides is 2. The molecule has 0 spiro atoms. The zero-order chi connectivity index (χ0) is 21.7. The summed E-state index contributed by atoms with van der Waals surface area (Å²) in [5, 5.41) is 12.2. The van der Waals surface area contributed by atoms with Crippen LogP contribution in [0.15, 0.2) is 53.4 Å². The SMILES string of the molecule is COc1cccc(/C=C2\SC(=S)N([C@H](C)C(=O)NCCc3ccc(O)cc3)C2=O)c1. The third-order valence-electron chi connectivity index (χ3n) is 4.63. The van der Waals surface area contributed by atoms with E-state index in [9.17, 15) is 14.7 Å². The van der Waals surface area contributed by atoms with Crippen LogP contribution >= 0.6 is 24.0 Å². The first-order chi connectivity index (χ1) is 14.4. The molecule has 8 heteroatoms. The summed E-state index contributed by atoms with van der Waals surface area (Å²) >= 11 is 6.54. The van der Waals surface area contributed by atoms with Crippen molar-refractivity contribution >= 4 is 46.2 Å². The normalized spacial score (nSPS) is 16.1. The molecule has 1 aliphatic heterocycles. The van der Waals surface area contributed by atoms with Gasteiger partial charge in [0, 0.05) is 6.54 Å². The van der Waals surface area contributed by atoms with E-state index in [0.717, 1.165) is 11.1 Å². The third kappa shape index (κ3) is 5.20. The summed E-state index contributed by atoms with van der Waals surface area (Å²) in [6.07, 6.45) is 2.37. The Morgan fingerprint density at radius 1 is 1.30 bits per heavy atom. The minimum Gasteiger partial charge on any atom is -0.508 e. The van der Waals surface area contributed by atoms with E-state index in [2.05, 4.69) is 5.32 Å². The molecule has 1 saturated heterocycles. The van der Waals surface area contributed by atoms with Gasteiger partial charge in [-0.25, -0.2) is 0 Å². The topological polar surface area (TPSA) is 78.9 Å². The van der Waals surface area contributed by atoms with Gasteiger partial charge in [-0.1, -0.05) is 48.2 Å². The lowest BCUT2D eigenvalue weighted by atomic mass is 10.1. The lowest BCUT2D eigenvalue weighted by molar-refractivity contribution is -0.132. The highest BCUT2D eigenvalue weighted by molar-refractivity contribution is 8.26. The number of carbonyl (C=O) groups is 2. The number of nitrogens with one attached hydrogen (secondary N) is 1. The highest BCUT2D eigenvalue weighted by atomic mass is 32.2. The third-order valence-corrected chi connectivity index (χ3v) is 5.96. The number of rotatable bonds is 7. The van der Waals surface area contributed by atoms with E-state index in [-0.39, 0.29) is 17.6 Å². The van der Waals surface area contributed by atoms with Crippen LogP contribution in [0.25, 0.3) is 6.08 Å². The van der Waals surface area contributed by atoms with Crippen molar-refractivity contribution in [3.63, 3.8) is 0 Å². The number of thiocarbonyl (C=S) groups is 1. The molecule has 156 valence electrons. The maximum absolute atomic E-state index is 12.9. The predicted molar refractivity (Wildman–Crippen MR) is 122 cm³/mol. The van der Waals surface area contributed by atoms with Gasteiger partial charge in [-0.15, -0.1) is 0 Å². The van der Waals surface area contributed by atoms with E-state index in [1.807, 2.05) is 24.3 Å². The molecule has 0 bridgehead atoms. The van der Waals surface area contributed by atoms with Crippen molar-refractivity contribution in [3.8, 4) is 11.5 Å². The summed E-state index contributed by atoms with van der Waals surface area (Å²) in [6.45, 7) is 2.08. The number of benzene rings is 2. The fraction of sp³-hybridized carbons (Fsp3) is 0.227. The fourth-order valence-corrected chi connectivity index (χ4v) is 4.37. The van der Waals surface area contributed by atoms with E-state index >= 15 is 0 Å². The number of thioether (sulfide) groups is 1. The number of phenols is 1. The molecule has 6 nitrogen and oxygen atoms in total. The number of phenolic OH excluding ortho intramolecular Hbond substituents is 1. The molecule has 1 heterocycles. The molecule has 1 atom stereocenters. The minimum absolute atomic E-state index is 0.202. The Labute approximate surface area is 184 Å². The quantitative estimate of drug-likeness (QED) is 0.506. The van der Waals surface area contributed by atoms with Crippen molar-refractivity contribution < 1.29 is 19.4 Å². The first-order valence-corrected chi connectivity index (χ1v) is 10.6. The van der Waals surface area contributed by atoms with Gasteiger partial charge in [-0.2, -0.15) is 0 Å². The molecular weight excluding hydrogens is 420 g/mol. The summed E-state index contributed by atoms with van der Waals surface area (Å²) < 4.78 is 5.57. The standard InChI is InChI=1S/C22H22N2O4S2/c1-14(20(26)23-11-10-15-6-8-17(25)9-7-15)24-21(27)19(30-22(24)29)13-16-4-3-5-18(12-16)28-2/h3-9,12-14,25H,10-11H2,1-2H3,(H,23,26)/b19-13-/t14-/m1/s1. The summed E-state index contributed by atoms with van der Waals surface area (Å²) in [7, 11) is 1.58. The number of carbonyl (C=O) groups excluding carboxylic acids is 2. The Morgan fingerprint density at radius 2 is 2.03 bits per heavy atom. The van der Waals surface area contributed by atoms with Crippen LogP contribution in [0.2, 0.25) is 0 Å². The van der Waals surface area contributed by atoms with Crippen molar-refractivity contribution in [3.05, 3.63) is 64.6 Å². The van der Waals surface area contributed by atoms with E-state index in [0.29, 0.717) is 27.9 Å². The maximum atomic E-state index is 12.9. The molecule has 2 aromatic rings. The number of aromatic hydroxyl groups is 1. The zero-order valence-electron chi connectivity index (χ0n) is 16.6. The molecule has 0 saturated carbocycles. The van der Waals surface area contributed by atoms with Crippen LogP contribution < -0.4 is 10.1 Å². The maximum Gasteiger partial charge on any atom is 0.266 e. The number of hydrogen-bond donors (Lipinski definition) is 2. The highest BCUT2D eigenvalue weighted by Gasteiger charge is 2.38. The van der Waals surface area contributed by atoms with Crippen molar-refractivity contribution in [2.24, 2.45) is 0 Å². The second kappa shape index (κ2) is 9.77. The molecule has 2 aromatic carbocycles. The minimum atomic E-state index is -0.714. The smallest absolute Gasteiger partial charge is 0.266 e. The van der Waals surface area contributed by atoms with Crippen molar-refractivity contribution in [1.29, 1.82) is 0 Å². The van der Waals surface area contributed by atoms with E-state index in [4.69, 9.17) is 17.0 Å². The van der Waals surface area contributed by atoms with Crippen LogP contribution in [0.1, 0.15) is 18.1 Å². The lowest BCUT2D eigenvalue weighted by Crippen LogP contribution is -2.47. The van der Waals surface area contributed by atoms with Gasteiger partial charge in [0.1, 0.15) is 21.9 Å². The van der Waals surface area contributed by atoms with Gasteiger partial charge >= 0.3 is 0 Å². The summed E-state index contributed by atoms with van der Waals surface area (Å²) in [4.78, 5) is 27.2. The van der Waals surface area contributed by atoms with E-state index < -0.39 is 6.04 Å². The van der Waals surface area contributed by atoms with Crippen molar-refractivity contribution in [2.45, 2.75) is 19.4 Å². The van der Waals surface area contributed by atoms with Crippen LogP contribution in [0.3, 0.4) is 0 Å². The predicted octanol–water partition coefficient (Wildman–Crippen LogP) is 3.35. The van der Waals surface area contributed by atoms with Crippen molar-refractivity contribution in [2.75, 3.05) is 13.7 Å². The zero-order valence-corrected chi connectivity index (χ0v) is 18.3. The van der Waals surface area contributed by atoms with Gasteiger partial charge in [0.15, 0.2) is 0 Å². The van der Waals surface area contributed by atoms with Gasteiger partial charge in [-0.3, -0.25) is 14.5 Å². The Hall–Kier alpha value is -2.84. The molecular formula is C22H22N2O4S2. The molecule has 1 aliphatic rings. The Morgan fingerprint density at radius 3 is 2.73 bits per heavy atom. The van der Waals surface area contributed by atoms with Crippen LogP contribution in [0, 0.1) is 0 Å². The first-order valence-electron chi connectivity index (χ1n) is 9.36. The van der Waals surface area contributed by atoms with Gasteiger partial charge in [0.05, 0.1) is 12.0 Å². The molecule has 0 unspecified atom stereocenters. The summed E-state index contributed by atoms with van der Waals surface area (Å²) in [5.74, 6) is 0.343. The highest BCUT2D eigenvalue weighted by Crippen LogP contribution is 2.34. The van der Waals surface area contributed by atoms with Crippen LogP contribution in [-0.2, 0) is 16.0 Å².